The predicted molar refractivity (Wildman–Crippen MR) is 128 cm³/mol. The molecule has 168 valence electrons. The van der Waals surface area contributed by atoms with E-state index < -0.39 is 0 Å². The molecule has 1 aliphatic rings. The lowest BCUT2D eigenvalue weighted by Gasteiger charge is -2.28. The number of hydrogen-bond acceptors (Lipinski definition) is 2. The molecule has 0 N–H and O–H groups in total. The smallest absolute Gasteiger partial charge is 0.223 e. The van der Waals surface area contributed by atoms with Gasteiger partial charge in [0, 0.05) is 49.1 Å². The fourth-order valence-electron chi connectivity index (χ4n) is 4.73. The third-order valence-electron chi connectivity index (χ3n) is 6.41. The number of halogens is 1. The van der Waals surface area contributed by atoms with Gasteiger partial charge in [0.05, 0.1) is 13.2 Å². The maximum atomic E-state index is 15.0. The first-order valence-electron chi connectivity index (χ1n) is 11.4. The predicted octanol–water partition coefficient (Wildman–Crippen LogP) is 5.21. The minimum Gasteiger partial charge on any atom is -0.378 e. The number of aromatic nitrogens is 1. The van der Waals surface area contributed by atoms with Crippen LogP contribution in [0.3, 0.4) is 0 Å². The van der Waals surface area contributed by atoms with Crippen molar-refractivity contribution < 1.29 is 13.9 Å². The first-order valence-corrected chi connectivity index (χ1v) is 11.4. The molecule has 0 saturated carbocycles. The third-order valence-corrected chi connectivity index (χ3v) is 6.41. The van der Waals surface area contributed by atoms with E-state index in [1.54, 1.807) is 12.1 Å². The Kier molecular flexibility index (Phi) is 6.22. The van der Waals surface area contributed by atoms with E-state index in [2.05, 4.69) is 35.0 Å². The number of fused-ring (bicyclic) bond motifs is 1. The summed E-state index contributed by atoms with van der Waals surface area (Å²) in [4.78, 5) is 15.1. The summed E-state index contributed by atoms with van der Waals surface area (Å²) in [5.74, 6) is -0.618. The van der Waals surface area contributed by atoms with Crippen LogP contribution in [0.25, 0.3) is 10.9 Å². The normalized spacial score (nSPS) is 15.0. The molecule has 2 heterocycles. The molecule has 33 heavy (non-hydrogen) atoms. The summed E-state index contributed by atoms with van der Waals surface area (Å²) in [7, 11) is 0. The van der Waals surface area contributed by atoms with Crippen LogP contribution in [-0.2, 0) is 16.1 Å². The van der Waals surface area contributed by atoms with Crippen molar-refractivity contribution in [3.63, 3.8) is 0 Å². The van der Waals surface area contributed by atoms with Crippen LogP contribution in [0.15, 0.2) is 85.1 Å². The van der Waals surface area contributed by atoms with Crippen LogP contribution < -0.4 is 0 Å². The standard InChI is InChI=1S/C28H27FN2O2/c29-26-12-6-4-10-22(26)24(18-28(32)30-14-16-33-17-15-30)25-20-31(19-21-8-2-1-3-9-21)27-13-7-5-11-23(25)27/h1-13,20,24H,14-19H2/t24-/m0/s1. The largest absolute Gasteiger partial charge is 0.378 e. The number of benzene rings is 3. The van der Waals surface area contributed by atoms with Crippen molar-refractivity contribution in [2.75, 3.05) is 26.3 Å². The molecule has 1 amide bonds. The Balaban J connectivity index is 1.58. The number of carbonyl (C=O) groups excluding carboxylic acids is 1. The van der Waals surface area contributed by atoms with Crippen LogP contribution in [0.2, 0.25) is 0 Å². The van der Waals surface area contributed by atoms with Crippen molar-refractivity contribution in [2.24, 2.45) is 0 Å². The number of nitrogens with zero attached hydrogens (tertiary/aromatic N) is 2. The van der Waals surface area contributed by atoms with Crippen molar-refractivity contribution >= 4 is 16.8 Å². The molecule has 4 nitrogen and oxygen atoms in total. The Bertz CT molecular complexity index is 1250. The van der Waals surface area contributed by atoms with Crippen molar-refractivity contribution in [1.82, 2.24) is 9.47 Å². The molecule has 0 spiro atoms. The Morgan fingerprint density at radius 1 is 0.879 bits per heavy atom. The topological polar surface area (TPSA) is 34.5 Å². The zero-order valence-electron chi connectivity index (χ0n) is 18.5. The van der Waals surface area contributed by atoms with Crippen LogP contribution in [0.4, 0.5) is 4.39 Å². The molecule has 1 aromatic heterocycles. The van der Waals surface area contributed by atoms with Crippen LogP contribution in [0, 0.1) is 5.82 Å². The van der Waals surface area contributed by atoms with Gasteiger partial charge < -0.3 is 14.2 Å². The molecule has 1 saturated heterocycles. The Morgan fingerprint density at radius 2 is 1.58 bits per heavy atom. The van der Waals surface area contributed by atoms with Crippen molar-refractivity contribution in [3.05, 3.63) is 108 Å². The number of morpholine rings is 1. The number of para-hydroxylation sites is 1. The molecule has 1 aliphatic heterocycles. The molecular formula is C28H27FN2O2. The Labute approximate surface area is 193 Å². The second-order valence-electron chi connectivity index (χ2n) is 8.49. The minimum absolute atomic E-state index is 0.0337. The molecule has 1 atom stereocenters. The molecule has 3 aromatic carbocycles. The van der Waals surface area contributed by atoms with Gasteiger partial charge in [-0.25, -0.2) is 4.39 Å². The van der Waals surface area contributed by atoms with E-state index >= 15 is 4.39 Å². The summed E-state index contributed by atoms with van der Waals surface area (Å²) in [6.45, 7) is 2.97. The molecule has 0 bridgehead atoms. The van der Waals surface area contributed by atoms with Gasteiger partial charge in [-0.05, 0) is 28.8 Å². The lowest BCUT2D eigenvalue weighted by molar-refractivity contribution is -0.135. The monoisotopic (exact) mass is 442 g/mol. The summed E-state index contributed by atoms with van der Waals surface area (Å²) in [5.41, 5.74) is 3.81. The van der Waals surface area contributed by atoms with Gasteiger partial charge in [-0.2, -0.15) is 0 Å². The van der Waals surface area contributed by atoms with Gasteiger partial charge in [-0.3, -0.25) is 4.79 Å². The third kappa shape index (κ3) is 4.55. The van der Waals surface area contributed by atoms with Gasteiger partial charge in [0.15, 0.2) is 0 Å². The molecular weight excluding hydrogens is 415 g/mol. The molecule has 4 aromatic rings. The number of amides is 1. The van der Waals surface area contributed by atoms with Crippen LogP contribution in [-0.4, -0.2) is 41.7 Å². The fraction of sp³-hybridized carbons (Fsp3) is 0.250. The highest BCUT2D eigenvalue weighted by Gasteiger charge is 2.27. The fourth-order valence-corrected chi connectivity index (χ4v) is 4.73. The SMILES string of the molecule is O=C(C[C@@H](c1ccccc1F)c1cn(Cc2ccccc2)c2ccccc12)N1CCOCC1. The average molecular weight is 443 g/mol. The summed E-state index contributed by atoms with van der Waals surface area (Å²) >= 11 is 0. The maximum absolute atomic E-state index is 15.0. The lowest BCUT2D eigenvalue weighted by Crippen LogP contribution is -2.41. The first kappa shape index (κ1) is 21.4. The lowest BCUT2D eigenvalue weighted by atomic mass is 9.87. The molecule has 1 fully saturated rings. The molecule has 5 heteroatoms. The zero-order chi connectivity index (χ0) is 22.6. The molecule has 5 rings (SSSR count). The summed E-state index contributed by atoms with van der Waals surface area (Å²) in [6, 6.07) is 25.3. The van der Waals surface area contributed by atoms with Gasteiger partial charge in [0.1, 0.15) is 5.82 Å². The van der Waals surface area contributed by atoms with Crippen LogP contribution in [0.1, 0.15) is 29.0 Å². The second kappa shape index (κ2) is 9.59. The highest BCUT2D eigenvalue weighted by atomic mass is 19.1. The quantitative estimate of drug-likeness (QED) is 0.411. The van der Waals surface area contributed by atoms with E-state index in [0.717, 1.165) is 16.5 Å². The Morgan fingerprint density at radius 3 is 2.36 bits per heavy atom. The van der Waals surface area contributed by atoms with E-state index in [-0.39, 0.29) is 24.1 Å². The molecule has 0 radical (unpaired) electrons. The summed E-state index contributed by atoms with van der Waals surface area (Å²) < 4.78 is 22.6. The minimum atomic E-state index is -0.372. The van der Waals surface area contributed by atoms with E-state index in [0.29, 0.717) is 38.4 Å². The molecule has 0 aliphatic carbocycles. The second-order valence-corrected chi connectivity index (χ2v) is 8.49. The van der Waals surface area contributed by atoms with Crippen molar-refractivity contribution in [1.29, 1.82) is 0 Å². The van der Waals surface area contributed by atoms with Gasteiger partial charge in [-0.1, -0.05) is 66.7 Å². The zero-order valence-corrected chi connectivity index (χ0v) is 18.5. The van der Waals surface area contributed by atoms with E-state index in [9.17, 15) is 4.79 Å². The number of ether oxygens (including phenoxy) is 1. The summed E-state index contributed by atoms with van der Waals surface area (Å²) in [6.07, 6.45) is 2.32. The van der Waals surface area contributed by atoms with E-state index in [1.165, 1.54) is 11.6 Å². The highest BCUT2D eigenvalue weighted by Crippen LogP contribution is 2.36. The van der Waals surface area contributed by atoms with Gasteiger partial charge >= 0.3 is 0 Å². The van der Waals surface area contributed by atoms with Crippen molar-refractivity contribution in [2.45, 2.75) is 18.9 Å². The first-order chi connectivity index (χ1) is 16.2. The number of carbonyl (C=O) groups is 1. The number of rotatable bonds is 6. The highest BCUT2D eigenvalue weighted by molar-refractivity contribution is 5.87. The van der Waals surface area contributed by atoms with E-state index in [1.807, 2.05) is 41.3 Å². The average Bonchev–Trinajstić information content (AvgIpc) is 3.22. The van der Waals surface area contributed by atoms with Crippen LogP contribution in [0.5, 0.6) is 0 Å². The molecule has 0 unspecified atom stereocenters. The number of hydrogen-bond donors (Lipinski definition) is 0. The maximum Gasteiger partial charge on any atom is 0.223 e. The van der Waals surface area contributed by atoms with Crippen molar-refractivity contribution in [3.8, 4) is 0 Å². The van der Waals surface area contributed by atoms with Crippen LogP contribution >= 0.6 is 0 Å². The van der Waals surface area contributed by atoms with Gasteiger partial charge in [0.25, 0.3) is 0 Å². The van der Waals surface area contributed by atoms with Gasteiger partial charge in [0.2, 0.25) is 5.91 Å². The summed E-state index contributed by atoms with van der Waals surface area (Å²) in [5, 5.41) is 1.05. The Hall–Kier alpha value is -3.44. The van der Waals surface area contributed by atoms with Gasteiger partial charge in [-0.15, -0.1) is 0 Å². The van der Waals surface area contributed by atoms with E-state index in [4.69, 9.17) is 4.74 Å².